The second kappa shape index (κ2) is 7.11. The van der Waals surface area contributed by atoms with Gasteiger partial charge in [0.25, 0.3) is 0 Å². The lowest BCUT2D eigenvalue weighted by atomic mass is 10.1. The molecular weight excluding hydrogens is 364 g/mol. The van der Waals surface area contributed by atoms with Crippen LogP contribution in [0.15, 0.2) is 30.6 Å². The van der Waals surface area contributed by atoms with E-state index in [4.69, 9.17) is 4.98 Å². The van der Waals surface area contributed by atoms with Crippen LogP contribution in [0.2, 0.25) is 0 Å². The minimum Gasteiger partial charge on any atom is -0.350 e. The minimum atomic E-state index is 0.431. The van der Waals surface area contributed by atoms with E-state index in [2.05, 4.69) is 49.9 Å². The number of nitrogens with one attached hydrogen (secondary N) is 1. The number of hydrogen-bond acceptors (Lipinski definition) is 6. The van der Waals surface area contributed by atoms with Gasteiger partial charge in [-0.25, -0.2) is 19.5 Å². The number of aromatic nitrogens is 6. The number of fused-ring (bicyclic) bond motifs is 2. The van der Waals surface area contributed by atoms with Crippen molar-refractivity contribution in [2.75, 3.05) is 25.5 Å². The second-order valence-corrected chi connectivity index (χ2v) is 7.81. The van der Waals surface area contributed by atoms with Crippen molar-refractivity contribution in [1.82, 2.24) is 34.0 Å². The van der Waals surface area contributed by atoms with Crippen LogP contribution in [0, 0.1) is 6.92 Å². The molecule has 0 unspecified atom stereocenters. The smallest absolute Gasteiger partial charge is 0.241 e. The minimum absolute atomic E-state index is 0.431. The summed E-state index contributed by atoms with van der Waals surface area (Å²) in [5, 5.41) is 8.16. The van der Waals surface area contributed by atoms with Gasteiger partial charge in [0.15, 0.2) is 5.65 Å². The molecule has 0 saturated carbocycles. The quantitative estimate of drug-likeness (QED) is 0.577. The molecule has 4 aromatic rings. The van der Waals surface area contributed by atoms with Crippen LogP contribution in [-0.2, 0) is 6.54 Å². The SMILES string of the molecule is CCn1c(C)nc2ccc(-c3ccn4nc(NC5CCN(C)CC5)ncc34)nc21. The fourth-order valence-electron chi connectivity index (χ4n) is 4.16. The Kier molecular flexibility index (Phi) is 4.43. The van der Waals surface area contributed by atoms with E-state index in [1.165, 1.54) is 0 Å². The van der Waals surface area contributed by atoms with Crippen molar-refractivity contribution >= 4 is 22.6 Å². The highest BCUT2D eigenvalue weighted by Crippen LogP contribution is 2.26. The van der Waals surface area contributed by atoms with Crippen LogP contribution in [0.25, 0.3) is 27.9 Å². The molecule has 8 heteroatoms. The van der Waals surface area contributed by atoms with Gasteiger partial charge in [-0.15, -0.1) is 5.10 Å². The van der Waals surface area contributed by atoms with Gasteiger partial charge in [-0.05, 0) is 65.0 Å². The number of piperidine rings is 1. The molecule has 1 aliphatic rings. The Morgan fingerprint density at radius 1 is 1.14 bits per heavy atom. The number of aryl methyl sites for hydroxylation is 2. The maximum Gasteiger partial charge on any atom is 0.241 e. The zero-order valence-electron chi connectivity index (χ0n) is 17.1. The summed E-state index contributed by atoms with van der Waals surface area (Å²) in [6.07, 6.45) is 6.08. The molecule has 1 N–H and O–H groups in total. The molecular formula is C21H26N8. The average molecular weight is 390 g/mol. The summed E-state index contributed by atoms with van der Waals surface area (Å²) in [5.41, 5.74) is 4.74. The van der Waals surface area contributed by atoms with Crippen molar-refractivity contribution in [2.45, 2.75) is 39.3 Å². The highest BCUT2D eigenvalue weighted by atomic mass is 15.3. The highest BCUT2D eigenvalue weighted by molar-refractivity contribution is 5.82. The van der Waals surface area contributed by atoms with Crippen LogP contribution in [-0.4, -0.2) is 60.2 Å². The van der Waals surface area contributed by atoms with Gasteiger partial charge in [0.1, 0.15) is 11.3 Å². The van der Waals surface area contributed by atoms with E-state index in [9.17, 15) is 0 Å². The Morgan fingerprint density at radius 2 is 1.97 bits per heavy atom. The lowest BCUT2D eigenvalue weighted by Gasteiger charge is -2.29. The molecule has 1 saturated heterocycles. The summed E-state index contributed by atoms with van der Waals surface area (Å²) in [6.45, 7) is 7.20. The Bertz CT molecular complexity index is 1170. The molecule has 150 valence electrons. The largest absolute Gasteiger partial charge is 0.350 e. The third-order valence-corrected chi connectivity index (χ3v) is 5.84. The lowest BCUT2D eigenvalue weighted by molar-refractivity contribution is 0.263. The fourth-order valence-corrected chi connectivity index (χ4v) is 4.16. The summed E-state index contributed by atoms with van der Waals surface area (Å²) in [7, 11) is 2.17. The molecule has 0 aliphatic carbocycles. The molecule has 4 aromatic heterocycles. The summed E-state index contributed by atoms with van der Waals surface area (Å²) in [6, 6.07) is 6.54. The Hall–Kier alpha value is -3.00. The third-order valence-electron chi connectivity index (χ3n) is 5.84. The van der Waals surface area contributed by atoms with Crippen LogP contribution in [0.4, 0.5) is 5.95 Å². The van der Waals surface area contributed by atoms with Crippen LogP contribution in [0.5, 0.6) is 0 Å². The molecule has 0 atom stereocenters. The first-order valence-electron chi connectivity index (χ1n) is 10.3. The van der Waals surface area contributed by atoms with Crippen LogP contribution in [0.1, 0.15) is 25.6 Å². The summed E-state index contributed by atoms with van der Waals surface area (Å²) < 4.78 is 4.02. The molecule has 0 bridgehead atoms. The maximum absolute atomic E-state index is 4.89. The van der Waals surface area contributed by atoms with Gasteiger partial charge in [0, 0.05) is 24.3 Å². The number of anilines is 1. The molecule has 5 rings (SSSR count). The zero-order chi connectivity index (χ0) is 20.0. The topological polar surface area (TPSA) is 76.2 Å². The van der Waals surface area contributed by atoms with E-state index in [0.29, 0.717) is 12.0 Å². The molecule has 5 heterocycles. The molecule has 0 radical (unpaired) electrons. The average Bonchev–Trinajstić information content (AvgIpc) is 3.28. The Balaban J connectivity index is 1.46. The molecule has 29 heavy (non-hydrogen) atoms. The lowest BCUT2D eigenvalue weighted by Crippen LogP contribution is -2.37. The predicted molar refractivity (Wildman–Crippen MR) is 114 cm³/mol. The summed E-state index contributed by atoms with van der Waals surface area (Å²) in [4.78, 5) is 16.4. The number of pyridine rings is 1. The van der Waals surface area contributed by atoms with E-state index in [-0.39, 0.29) is 0 Å². The van der Waals surface area contributed by atoms with Gasteiger partial charge in [-0.1, -0.05) is 0 Å². The van der Waals surface area contributed by atoms with Crippen LogP contribution in [0.3, 0.4) is 0 Å². The van der Waals surface area contributed by atoms with Crippen molar-refractivity contribution in [3.63, 3.8) is 0 Å². The molecule has 0 aromatic carbocycles. The zero-order valence-corrected chi connectivity index (χ0v) is 17.1. The van der Waals surface area contributed by atoms with Gasteiger partial charge in [0.2, 0.25) is 5.95 Å². The van der Waals surface area contributed by atoms with Crippen molar-refractivity contribution in [3.8, 4) is 11.3 Å². The number of nitrogens with zero attached hydrogens (tertiary/aromatic N) is 7. The van der Waals surface area contributed by atoms with Crippen molar-refractivity contribution in [1.29, 1.82) is 0 Å². The van der Waals surface area contributed by atoms with E-state index in [0.717, 1.165) is 66.2 Å². The molecule has 1 fully saturated rings. The fraction of sp³-hybridized carbons (Fsp3) is 0.429. The molecule has 0 spiro atoms. The monoisotopic (exact) mass is 390 g/mol. The van der Waals surface area contributed by atoms with Gasteiger partial charge in [-0.3, -0.25) is 0 Å². The number of imidazole rings is 1. The number of hydrogen-bond donors (Lipinski definition) is 1. The van der Waals surface area contributed by atoms with Crippen molar-refractivity contribution in [3.05, 3.63) is 36.4 Å². The van der Waals surface area contributed by atoms with Gasteiger partial charge in [0.05, 0.1) is 17.4 Å². The first-order chi connectivity index (χ1) is 14.1. The van der Waals surface area contributed by atoms with Crippen LogP contribution < -0.4 is 5.32 Å². The van der Waals surface area contributed by atoms with E-state index < -0.39 is 0 Å². The highest BCUT2D eigenvalue weighted by Gasteiger charge is 2.18. The molecule has 1 aliphatic heterocycles. The van der Waals surface area contributed by atoms with E-state index in [1.54, 1.807) is 0 Å². The van der Waals surface area contributed by atoms with Gasteiger partial charge >= 0.3 is 0 Å². The predicted octanol–water partition coefficient (Wildman–Crippen LogP) is 2.98. The summed E-state index contributed by atoms with van der Waals surface area (Å²) >= 11 is 0. The van der Waals surface area contributed by atoms with Crippen molar-refractivity contribution < 1.29 is 0 Å². The molecule has 8 nitrogen and oxygen atoms in total. The van der Waals surface area contributed by atoms with E-state index in [1.807, 2.05) is 36.0 Å². The standard InChI is InChI=1S/C21H26N8/c1-4-28-14(2)23-18-6-5-17(25-20(18)28)16-9-12-29-19(16)13-22-21(26-29)24-15-7-10-27(3)11-8-15/h5-6,9,12-13,15H,4,7-8,10-11H2,1-3H3,(H,24,26). The number of rotatable bonds is 4. The molecule has 0 amide bonds. The Morgan fingerprint density at radius 3 is 2.76 bits per heavy atom. The van der Waals surface area contributed by atoms with Crippen molar-refractivity contribution in [2.24, 2.45) is 0 Å². The van der Waals surface area contributed by atoms with E-state index >= 15 is 0 Å². The van der Waals surface area contributed by atoms with Gasteiger partial charge in [-0.2, -0.15) is 0 Å². The van der Waals surface area contributed by atoms with Crippen LogP contribution >= 0.6 is 0 Å². The van der Waals surface area contributed by atoms with Gasteiger partial charge < -0.3 is 14.8 Å². The normalized spacial score (nSPS) is 16.1. The Labute approximate surface area is 169 Å². The third kappa shape index (κ3) is 3.23. The first-order valence-corrected chi connectivity index (χ1v) is 10.3. The first kappa shape index (κ1) is 18.1. The number of likely N-dealkylation sites (tertiary alicyclic amines) is 1. The maximum atomic E-state index is 4.89. The summed E-state index contributed by atoms with van der Waals surface area (Å²) in [5.74, 6) is 1.67. The second-order valence-electron chi connectivity index (χ2n) is 7.81.